The number of rotatable bonds is 9. The number of fused-ring (bicyclic) bond motifs is 1. The molecule has 11 heteroatoms. The summed E-state index contributed by atoms with van der Waals surface area (Å²) in [4.78, 5) is 23.8. The number of benzene rings is 3. The van der Waals surface area contributed by atoms with E-state index in [1.165, 1.54) is 7.11 Å². The lowest BCUT2D eigenvalue weighted by Gasteiger charge is -2.23. The molecule has 4 rings (SSSR count). The fraction of sp³-hybridized carbons (Fsp3) is 0.192. The van der Waals surface area contributed by atoms with Crippen molar-refractivity contribution in [3.63, 3.8) is 0 Å². The second kappa shape index (κ2) is 11.5. The van der Waals surface area contributed by atoms with E-state index in [1.807, 2.05) is 13.0 Å². The summed E-state index contributed by atoms with van der Waals surface area (Å²) in [5.74, 6) is 0.631. The van der Waals surface area contributed by atoms with E-state index >= 15 is 0 Å². The van der Waals surface area contributed by atoms with E-state index in [1.54, 1.807) is 72.6 Å². The number of nitrogens with zero attached hydrogens (tertiary/aromatic N) is 4. The molecule has 1 aromatic heterocycles. The highest BCUT2D eigenvalue weighted by Gasteiger charge is 2.24. The molecule has 1 atom stereocenters. The highest BCUT2D eigenvalue weighted by Crippen LogP contribution is 2.36. The van der Waals surface area contributed by atoms with E-state index in [0.29, 0.717) is 45.3 Å². The summed E-state index contributed by atoms with van der Waals surface area (Å²) in [6, 6.07) is 18.7. The Bertz CT molecular complexity index is 1470. The molecule has 192 valence electrons. The normalized spacial score (nSPS) is 11.7. The number of methoxy groups -OCH3 is 1. The van der Waals surface area contributed by atoms with Gasteiger partial charge in [0, 0.05) is 25.2 Å². The van der Waals surface area contributed by atoms with E-state index in [4.69, 9.17) is 16.3 Å². The van der Waals surface area contributed by atoms with Crippen molar-refractivity contribution in [2.75, 3.05) is 30.3 Å². The molecule has 0 aliphatic heterocycles. The molecule has 1 unspecified atom stereocenters. The number of hydrogen-bond acceptors (Lipinski definition) is 6. The smallest absolute Gasteiger partial charge is 0.268 e. The first-order chi connectivity index (χ1) is 17.8. The zero-order chi connectivity index (χ0) is 26.5. The maximum absolute atomic E-state index is 12.9. The third-order valence-corrected chi connectivity index (χ3v) is 6.59. The van der Waals surface area contributed by atoms with E-state index in [2.05, 4.69) is 15.3 Å². The molecule has 1 heterocycles. The minimum absolute atomic E-state index is 0.0740. The highest BCUT2D eigenvalue weighted by atomic mass is 35.5. The summed E-state index contributed by atoms with van der Waals surface area (Å²) in [5, 5.41) is 3.53. The maximum Gasteiger partial charge on any atom is 0.268 e. The van der Waals surface area contributed by atoms with Gasteiger partial charge in [0.2, 0.25) is 0 Å². The molecule has 0 fully saturated rings. The van der Waals surface area contributed by atoms with Gasteiger partial charge >= 0.3 is 0 Å². The Labute approximate surface area is 222 Å². The van der Waals surface area contributed by atoms with Crippen molar-refractivity contribution >= 4 is 62.8 Å². The quantitative estimate of drug-likeness (QED) is 0.259. The first kappa shape index (κ1) is 26.3. The highest BCUT2D eigenvalue weighted by molar-refractivity contribution is 7.81. The molecule has 1 amide bonds. The molecular weight excluding hydrogens is 514 g/mol. The molecule has 3 aromatic carbocycles. The predicted octanol–water partition coefficient (Wildman–Crippen LogP) is 5.79. The minimum atomic E-state index is -2.56. The predicted molar refractivity (Wildman–Crippen MR) is 147 cm³/mol. The lowest BCUT2D eigenvalue weighted by molar-refractivity contribution is 0.0795. The van der Waals surface area contributed by atoms with E-state index in [-0.39, 0.29) is 17.5 Å². The van der Waals surface area contributed by atoms with Crippen molar-refractivity contribution in [1.29, 1.82) is 0 Å². The number of carbonyl (C=O) groups excluding carboxylic acids is 1. The monoisotopic (exact) mass is 539 g/mol. The summed E-state index contributed by atoms with van der Waals surface area (Å²) in [5.41, 5.74) is 2.23. The lowest BCUT2D eigenvalue weighted by Crippen LogP contribution is -2.28. The molecule has 4 aromatic rings. The van der Waals surface area contributed by atoms with Crippen molar-refractivity contribution in [3.8, 4) is 5.75 Å². The molecule has 0 saturated carbocycles. The van der Waals surface area contributed by atoms with Crippen LogP contribution in [0.4, 0.5) is 23.0 Å². The number of aromatic nitrogens is 2. The van der Waals surface area contributed by atoms with Crippen molar-refractivity contribution in [2.24, 2.45) is 0 Å². The number of amides is 1. The maximum atomic E-state index is 12.9. The van der Waals surface area contributed by atoms with Gasteiger partial charge < -0.3 is 15.0 Å². The fourth-order valence-corrected chi connectivity index (χ4v) is 4.51. The van der Waals surface area contributed by atoms with Crippen LogP contribution in [-0.4, -0.2) is 50.2 Å². The summed E-state index contributed by atoms with van der Waals surface area (Å²) >= 11 is 3.86. The van der Waals surface area contributed by atoms with Gasteiger partial charge in [0.15, 0.2) is 11.6 Å². The van der Waals surface area contributed by atoms with Crippen molar-refractivity contribution in [2.45, 2.75) is 13.3 Å². The van der Waals surface area contributed by atoms with Gasteiger partial charge in [-0.25, -0.2) is 18.5 Å². The standard InChI is InChI=1S/C26H26ClN5O4S/c1-4-14-31(2)26(33)17-8-7-9-18(15-17)32(37(34)35)25-24(28-21-10-5-6-11-22(21)30-25)29-23-16-19(36-3)12-13-20(23)27/h5-13,15-16H,4,14H2,1-3H3,(H,28,29)(H,34,35). The van der Waals surface area contributed by atoms with E-state index in [0.717, 1.165) is 10.7 Å². The van der Waals surface area contributed by atoms with Gasteiger partial charge in [0.25, 0.3) is 17.2 Å². The molecule has 2 N–H and O–H groups in total. The number of hydrogen-bond donors (Lipinski definition) is 2. The molecule has 0 radical (unpaired) electrons. The Morgan fingerprint density at radius 3 is 2.49 bits per heavy atom. The number of para-hydroxylation sites is 2. The Morgan fingerprint density at radius 1 is 1.08 bits per heavy atom. The van der Waals surface area contributed by atoms with Crippen LogP contribution in [-0.2, 0) is 11.3 Å². The third kappa shape index (κ3) is 5.82. The van der Waals surface area contributed by atoms with Gasteiger partial charge in [-0.3, -0.25) is 9.35 Å². The van der Waals surface area contributed by atoms with Crippen LogP contribution in [0.2, 0.25) is 5.02 Å². The van der Waals surface area contributed by atoms with Crippen LogP contribution in [0.15, 0.2) is 66.7 Å². The van der Waals surface area contributed by atoms with Gasteiger partial charge in [-0.05, 0) is 48.9 Å². The molecule has 0 spiro atoms. The second-order valence-electron chi connectivity index (χ2n) is 8.16. The molecule has 9 nitrogen and oxygen atoms in total. The zero-order valence-corrected chi connectivity index (χ0v) is 22.1. The SMILES string of the molecule is CCCN(C)C(=O)c1cccc(N(c2nc3ccccc3nc2Nc2cc(OC)ccc2Cl)S(=O)O)c1. The van der Waals surface area contributed by atoms with Crippen LogP contribution in [0.5, 0.6) is 5.75 Å². The number of anilines is 4. The molecular formula is C26H26ClN5O4S. The van der Waals surface area contributed by atoms with Gasteiger partial charge in [-0.2, -0.15) is 0 Å². The number of carbonyl (C=O) groups is 1. The van der Waals surface area contributed by atoms with Gasteiger partial charge in [0.1, 0.15) is 5.75 Å². The van der Waals surface area contributed by atoms with E-state index < -0.39 is 11.3 Å². The molecule has 0 aliphatic rings. The van der Waals surface area contributed by atoms with Crippen LogP contribution in [0.3, 0.4) is 0 Å². The first-order valence-corrected chi connectivity index (χ1v) is 12.9. The Balaban J connectivity index is 1.86. The molecule has 0 saturated heterocycles. The van der Waals surface area contributed by atoms with Crippen molar-refractivity contribution < 1.29 is 18.3 Å². The molecule has 0 bridgehead atoms. The van der Waals surface area contributed by atoms with Crippen LogP contribution in [0, 0.1) is 0 Å². The number of halogens is 1. The van der Waals surface area contributed by atoms with Crippen LogP contribution in [0.1, 0.15) is 23.7 Å². The topological polar surface area (TPSA) is 108 Å². The fourth-order valence-electron chi connectivity index (χ4n) is 3.78. The summed E-state index contributed by atoms with van der Waals surface area (Å²) in [6.07, 6.45) is 0.809. The van der Waals surface area contributed by atoms with Gasteiger partial charge in [0.05, 0.1) is 34.5 Å². The average Bonchev–Trinajstić information content (AvgIpc) is 2.90. The second-order valence-corrected chi connectivity index (χ2v) is 9.39. The molecule has 0 aliphatic carbocycles. The Morgan fingerprint density at radius 2 is 1.81 bits per heavy atom. The molecule has 37 heavy (non-hydrogen) atoms. The number of ether oxygens (including phenoxy) is 1. The Kier molecular flexibility index (Phi) is 8.22. The van der Waals surface area contributed by atoms with Crippen LogP contribution >= 0.6 is 11.6 Å². The van der Waals surface area contributed by atoms with Crippen LogP contribution in [0.25, 0.3) is 11.0 Å². The third-order valence-electron chi connectivity index (χ3n) is 5.56. The summed E-state index contributed by atoms with van der Waals surface area (Å²) in [6.45, 7) is 2.57. The average molecular weight is 540 g/mol. The number of nitrogens with one attached hydrogen (secondary N) is 1. The van der Waals surface area contributed by atoms with E-state index in [9.17, 15) is 13.6 Å². The minimum Gasteiger partial charge on any atom is -0.497 e. The summed E-state index contributed by atoms with van der Waals surface area (Å²) < 4.78 is 29.5. The van der Waals surface area contributed by atoms with Gasteiger partial charge in [-0.15, -0.1) is 0 Å². The zero-order valence-electron chi connectivity index (χ0n) is 20.5. The lowest BCUT2D eigenvalue weighted by atomic mass is 10.1. The summed E-state index contributed by atoms with van der Waals surface area (Å²) in [7, 11) is 3.26. The van der Waals surface area contributed by atoms with Crippen molar-refractivity contribution in [1.82, 2.24) is 14.9 Å². The Hall–Kier alpha value is -3.73. The largest absolute Gasteiger partial charge is 0.497 e. The van der Waals surface area contributed by atoms with Crippen molar-refractivity contribution in [3.05, 3.63) is 77.3 Å². The van der Waals surface area contributed by atoms with Gasteiger partial charge in [-0.1, -0.05) is 36.7 Å². The first-order valence-electron chi connectivity index (χ1n) is 11.5. The van der Waals surface area contributed by atoms with Crippen LogP contribution < -0.4 is 14.4 Å².